The second-order valence-electron chi connectivity index (χ2n) is 3.38. The van der Waals surface area contributed by atoms with Crippen LogP contribution in [0.15, 0.2) is 0 Å². The molecular formula is C12H23N. The second-order valence-corrected chi connectivity index (χ2v) is 3.38. The first-order chi connectivity index (χ1) is 6.35. The molecule has 13 heavy (non-hydrogen) atoms. The van der Waals surface area contributed by atoms with Gasteiger partial charge in [-0.15, -0.1) is 5.92 Å². The van der Waals surface area contributed by atoms with E-state index in [1.54, 1.807) is 0 Å². The van der Waals surface area contributed by atoms with Crippen LogP contribution in [0, 0.1) is 11.8 Å². The fraction of sp³-hybridized carbons (Fsp3) is 0.833. The van der Waals surface area contributed by atoms with Crippen LogP contribution < -0.4 is 0 Å². The van der Waals surface area contributed by atoms with Gasteiger partial charge in [0.2, 0.25) is 0 Å². The minimum atomic E-state index is 0.960. The molecule has 76 valence electrons. The third kappa shape index (κ3) is 7.87. The third-order valence-electron chi connectivity index (χ3n) is 1.88. The van der Waals surface area contributed by atoms with Gasteiger partial charge >= 0.3 is 0 Å². The van der Waals surface area contributed by atoms with E-state index in [0.717, 1.165) is 13.0 Å². The lowest BCUT2D eigenvalue weighted by molar-refractivity contribution is 0.308. The molecule has 0 atom stereocenters. The molecule has 0 bridgehead atoms. The Balaban J connectivity index is 3.62. The molecule has 0 saturated carbocycles. The first-order valence-corrected chi connectivity index (χ1v) is 5.53. The maximum absolute atomic E-state index is 3.23. The van der Waals surface area contributed by atoms with Gasteiger partial charge in [0.1, 0.15) is 0 Å². The summed E-state index contributed by atoms with van der Waals surface area (Å²) >= 11 is 0. The van der Waals surface area contributed by atoms with Gasteiger partial charge in [0, 0.05) is 6.42 Å². The van der Waals surface area contributed by atoms with Gasteiger partial charge in [-0.05, 0) is 32.4 Å². The zero-order valence-electron chi connectivity index (χ0n) is 9.40. The Kier molecular flexibility index (Phi) is 9.25. The van der Waals surface area contributed by atoms with E-state index in [9.17, 15) is 0 Å². The van der Waals surface area contributed by atoms with Gasteiger partial charge in [-0.3, -0.25) is 4.90 Å². The molecule has 0 fully saturated rings. The largest absolute Gasteiger partial charge is 0.292 e. The van der Waals surface area contributed by atoms with Crippen LogP contribution in [-0.4, -0.2) is 24.5 Å². The van der Waals surface area contributed by atoms with Crippen molar-refractivity contribution in [2.75, 3.05) is 19.6 Å². The Labute approximate surface area is 83.5 Å². The molecule has 0 amide bonds. The average Bonchev–Trinajstić information content (AvgIpc) is 2.13. The number of nitrogens with zero attached hydrogens (tertiary/aromatic N) is 1. The van der Waals surface area contributed by atoms with Crippen LogP contribution in [-0.2, 0) is 0 Å². The zero-order chi connectivity index (χ0) is 9.94. The smallest absolute Gasteiger partial charge is 0.0601 e. The Bertz CT molecular complexity index is 146. The third-order valence-corrected chi connectivity index (χ3v) is 1.88. The van der Waals surface area contributed by atoms with Gasteiger partial charge in [-0.25, -0.2) is 0 Å². The minimum absolute atomic E-state index is 0.960. The van der Waals surface area contributed by atoms with E-state index in [0.29, 0.717) is 0 Å². The molecule has 1 nitrogen and oxygen atoms in total. The Morgan fingerprint density at radius 3 is 1.92 bits per heavy atom. The van der Waals surface area contributed by atoms with Gasteiger partial charge in [-0.2, -0.15) is 0 Å². The summed E-state index contributed by atoms with van der Waals surface area (Å²) in [7, 11) is 0. The van der Waals surface area contributed by atoms with Crippen molar-refractivity contribution in [3.63, 3.8) is 0 Å². The highest BCUT2D eigenvalue weighted by Crippen LogP contribution is 1.92. The number of rotatable bonds is 6. The molecule has 0 aliphatic carbocycles. The predicted octanol–water partition coefficient (Wildman–Crippen LogP) is 2.91. The summed E-state index contributed by atoms with van der Waals surface area (Å²) < 4.78 is 0. The molecule has 0 rings (SSSR count). The van der Waals surface area contributed by atoms with Gasteiger partial charge < -0.3 is 0 Å². The minimum Gasteiger partial charge on any atom is -0.292 e. The van der Waals surface area contributed by atoms with Crippen molar-refractivity contribution in [3.8, 4) is 11.8 Å². The van der Waals surface area contributed by atoms with Gasteiger partial charge in [0.05, 0.1) is 6.54 Å². The van der Waals surface area contributed by atoms with Gasteiger partial charge in [0.25, 0.3) is 0 Å². The molecule has 0 saturated heterocycles. The quantitative estimate of drug-likeness (QED) is 0.569. The summed E-state index contributed by atoms with van der Waals surface area (Å²) in [5.41, 5.74) is 0. The predicted molar refractivity (Wildman–Crippen MR) is 59.7 cm³/mol. The highest BCUT2D eigenvalue weighted by molar-refractivity contribution is 5.00. The Morgan fingerprint density at radius 1 is 0.846 bits per heavy atom. The molecule has 1 heteroatoms. The van der Waals surface area contributed by atoms with Crippen molar-refractivity contribution in [1.82, 2.24) is 4.90 Å². The SMILES string of the molecule is CCCC#CCN(CCC)CCC. The van der Waals surface area contributed by atoms with Crippen LogP contribution in [0.1, 0.15) is 46.5 Å². The van der Waals surface area contributed by atoms with Crippen LogP contribution in [0.5, 0.6) is 0 Å². The van der Waals surface area contributed by atoms with E-state index < -0.39 is 0 Å². The average molecular weight is 181 g/mol. The van der Waals surface area contributed by atoms with Crippen molar-refractivity contribution in [1.29, 1.82) is 0 Å². The van der Waals surface area contributed by atoms with Gasteiger partial charge in [0.15, 0.2) is 0 Å². The maximum Gasteiger partial charge on any atom is 0.0601 e. The molecule has 0 unspecified atom stereocenters. The van der Waals surface area contributed by atoms with E-state index in [-0.39, 0.29) is 0 Å². The van der Waals surface area contributed by atoms with E-state index in [1.807, 2.05) is 0 Å². The number of unbranched alkanes of at least 4 members (excludes halogenated alkanes) is 1. The summed E-state index contributed by atoms with van der Waals surface area (Å²) in [6, 6.07) is 0. The summed E-state index contributed by atoms with van der Waals surface area (Å²) in [6.45, 7) is 9.96. The fourth-order valence-corrected chi connectivity index (χ4v) is 1.28. The molecule has 0 radical (unpaired) electrons. The van der Waals surface area contributed by atoms with Crippen LogP contribution in [0.3, 0.4) is 0 Å². The zero-order valence-corrected chi connectivity index (χ0v) is 9.40. The molecule has 0 aliphatic heterocycles. The van der Waals surface area contributed by atoms with Crippen molar-refractivity contribution in [2.45, 2.75) is 46.5 Å². The van der Waals surface area contributed by atoms with Gasteiger partial charge in [-0.1, -0.05) is 26.7 Å². The maximum atomic E-state index is 3.23. The monoisotopic (exact) mass is 181 g/mol. The summed E-state index contributed by atoms with van der Waals surface area (Å²) in [6.07, 6.45) is 4.69. The standard InChI is InChI=1S/C12H23N/c1-4-7-8-9-12-13(10-5-2)11-6-3/h4-7,10-12H2,1-3H3. The first kappa shape index (κ1) is 12.5. The molecule has 0 N–H and O–H groups in total. The highest BCUT2D eigenvalue weighted by atomic mass is 15.1. The van der Waals surface area contributed by atoms with Crippen LogP contribution >= 0.6 is 0 Å². The molecule has 0 aromatic rings. The van der Waals surface area contributed by atoms with Crippen LogP contribution in [0.2, 0.25) is 0 Å². The number of hydrogen-bond donors (Lipinski definition) is 0. The molecule has 0 spiro atoms. The summed E-state index contributed by atoms with van der Waals surface area (Å²) in [4.78, 5) is 2.43. The van der Waals surface area contributed by atoms with Crippen LogP contribution in [0.4, 0.5) is 0 Å². The molecule has 0 aromatic carbocycles. The van der Waals surface area contributed by atoms with Crippen molar-refractivity contribution in [3.05, 3.63) is 0 Å². The lowest BCUT2D eigenvalue weighted by atomic mass is 10.3. The first-order valence-electron chi connectivity index (χ1n) is 5.53. The van der Waals surface area contributed by atoms with E-state index in [1.165, 1.54) is 32.4 Å². The Hall–Kier alpha value is -0.480. The van der Waals surface area contributed by atoms with Crippen molar-refractivity contribution >= 4 is 0 Å². The Morgan fingerprint density at radius 2 is 1.46 bits per heavy atom. The topological polar surface area (TPSA) is 3.24 Å². The fourth-order valence-electron chi connectivity index (χ4n) is 1.28. The summed E-state index contributed by atoms with van der Waals surface area (Å²) in [5, 5.41) is 0. The second kappa shape index (κ2) is 9.61. The molecular weight excluding hydrogens is 158 g/mol. The number of hydrogen-bond acceptors (Lipinski definition) is 1. The summed E-state index contributed by atoms with van der Waals surface area (Å²) in [5.74, 6) is 6.42. The molecule has 0 aliphatic rings. The highest BCUT2D eigenvalue weighted by Gasteiger charge is 1.98. The molecule has 0 heterocycles. The van der Waals surface area contributed by atoms with Crippen LogP contribution in [0.25, 0.3) is 0 Å². The lowest BCUT2D eigenvalue weighted by Crippen LogP contribution is -2.25. The normalized spacial score (nSPS) is 9.85. The molecule has 0 aromatic heterocycles. The van der Waals surface area contributed by atoms with E-state index in [4.69, 9.17) is 0 Å². The van der Waals surface area contributed by atoms with E-state index >= 15 is 0 Å². The van der Waals surface area contributed by atoms with E-state index in [2.05, 4.69) is 37.5 Å². The van der Waals surface area contributed by atoms with Crippen molar-refractivity contribution in [2.24, 2.45) is 0 Å². The van der Waals surface area contributed by atoms with Crippen molar-refractivity contribution < 1.29 is 0 Å². The lowest BCUT2D eigenvalue weighted by Gasteiger charge is -2.17.